The summed E-state index contributed by atoms with van der Waals surface area (Å²) in [5.74, 6) is 0. The van der Waals surface area contributed by atoms with Crippen LogP contribution in [-0.2, 0) is 0 Å². The molecular formula is C10H4Cl3NOS. The monoisotopic (exact) mass is 291 g/mol. The van der Waals surface area contributed by atoms with Crippen LogP contribution in [0.5, 0.6) is 0 Å². The third-order valence-corrected chi connectivity index (χ3v) is 3.91. The minimum atomic E-state index is -0.484. The van der Waals surface area contributed by atoms with Crippen molar-refractivity contribution in [3.8, 4) is 10.6 Å². The Labute approximate surface area is 111 Å². The lowest BCUT2D eigenvalue weighted by Crippen LogP contribution is -1.87. The molecule has 0 aliphatic carbocycles. The van der Waals surface area contributed by atoms with Crippen molar-refractivity contribution >= 4 is 51.4 Å². The van der Waals surface area contributed by atoms with E-state index >= 15 is 0 Å². The molecule has 0 radical (unpaired) electrons. The summed E-state index contributed by atoms with van der Waals surface area (Å²) in [7, 11) is 0. The van der Waals surface area contributed by atoms with Crippen LogP contribution in [0.1, 0.15) is 10.4 Å². The van der Waals surface area contributed by atoms with E-state index in [4.69, 9.17) is 34.8 Å². The highest BCUT2D eigenvalue weighted by Gasteiger charge is 2.09. The van der Waals surface area contributed by atoms with E-state index in [2.05, 4.69) is 4.98 Å². The first-order valence-corrected chi connectivity index (χ1v) is 6.15. The first-order valence-electron chi connectivity index (χ1n) is 4.20. The number of thiazole rings is 1. The molecule has 1 aromatic carbocycles. The zero-order valence-corrected chi connectivity index (χ0v) is 10.8. The number of benzene rings is 1. The van der Waals surface area contributed by atoms with Crippen LogP contribution in [-0.4, -0.2) is 10.2 Å². The Balaban J connectivity index is 2.38. The average molecular weight is 293 g/mol. The molecule has 0 spiro atoms. The van der Waals surface area contributed by atoms with Gasteiger partial charge < -0.3 is 0 Å². The standard InChI is InChI=1S/C10H4Cl3NOS/c11-7-9(13)16-10(14-7)6-3-1-5(2-4-6)8(12)15/h1-4H. The Hall–Kier alpha value is -0.610. The van der Waals surface area contributed by atoms with E-state index in [0.29, 0.717) is 20.1 Å². The van der Waals surface area contributed by atoms with Crippen LogP contribution in [0.25, 0.3) is 10.6 Å². The maximum atomic E-state index is 10.9. The molecular weight excluding hydrogens is 289 g/mol. The molecule has 6 heteroatoms. The molecule has 0 fully saturated rings. The van der Waals surface area contributed by atoms with Gasteiger partial charge in [-0.3, -0.25) is 4.79 Å². The van der Waals surface area contributed by atoms with Crippen LogP contribution in [0.15, 0.2) is 24.3 Å². The zero-order valence-electron chi connectivity index (χ0n) is 7.71. The van der Waals surface area contributed by atoms with Crippen molar-refractivity contribution in [1.29, 1.82) is 0 Å². The van der Waals surface area contributed by atoms with E-state index in [9.17, 15) is 4.79 Å². The van der Waals surface area contributed by atoms with Crippen molar-refractivity contribution in [1.82, 2.24) is 4.98 Å². The highest BCUT2D eigenvalue weighted by Crippen LogP contribution is 2.34. The molecule has 0 aliphatic rings. The topological polar surface area (TPSA) is 30.0 Å². The lowest BCUT2D eigenvalue weighted by atomic mass is 10.1. The van der Waals surface area contributed by atoms with Crippen LogP contribution >= 0.6 is 46.1 Å². The Bertz CT molecular complexity index is 516. The van der Waals surface area contributed by atoms with Gasteiger partial charge in [0.2, 0.25) is 0 Å². The number of carbonyl (C=O) groups is 1. The van der Waals surface area contributed by atoms with Crippen LogP contribution in [0.2, 0.25) is 9.49 Å². The molecule has 2 aromatic rings. The summed E-state index contributed by atoms with van der Waals surface area (Å²) >= 11 is 18.2. The third-order valence-electron chi connectivity index (χ3n) is 1.91. The summed E-state index contributed by atoms with van der Waals surface area (Å²) in [4.78, 5) is 15.0. The van der Waals surface area contributed by atoms with Gasteiger partial charge in [-0.15, -0.1) is 11.3 Å². The van der Waals surface area contributed by atoms with Gasteiger partial charge in [0, 0.05) is 11.1 Å². The van der Waals surface area contributed by atoms with Crippen molar-refractivity contribution in [3.63, 3.8) is 0 Å². The highest BCUT2D eigenvalue weighted by atomic mass is 35.5. The molecule has 1 heterocycles. The molecule has 2 nitrogen and oxygen atoms in total. The molecule has 0 bridgehead atoms. The minimum absolute atomic E-state index is 0.291. The predicted octanol–water partition coefficient (Wildman–Crippen LogP) is 4.50. The van der Waals surface area contributed by atoms with Crippen LogP contribution in [0, 0.1) is 0 Å². The molecule has 0 N–H and O–H groups in total. The van der Waals surface area contributed by atoms with Crippen molar-refractivity contribution < 1.29 is 4.79 Å². The molecule has 0 aliphatic heterocycles. The van der Waals surface area contributed by atoms with E-state index in [0.717, 1.165) is 5.56 Å². The molecule has 0 saturated heterocycles. The van der Waals surface area contributed by atoms with Gasteiger partial charge in [-0.2, -0.15) is 0 Å². The highest BCUT2D eigenvalue weighted by molar-refractivity contribution is 7.19. The van der Waals surface area contributed by atoms with Crippen molar-refractivity contribution in [2.45, 2.75) is 0 Å². The molecule has 16 heavy (non-hydrogen) atoms. The number of aromatic nitrogens is 1. The number of carbonyl (C=O) groups excluding carboxylic acids is 1. The number of hydrogen-bond donors (Lipinski definition) is 0. The van der Waals surface area contributed by atoms with Crippen molar-refractivity contribution in [2.75, 3.05) is 0 Å². The van der Waals surface area contributed by atoms with Gasteiger partial charge in [0.25, 0.3) is 5.24 Å². The van der Waals surface area contributed by atoms with Crippen LogP contribution < -0.4 is 0 Å². The van der Waals surface area contributed by atoms with E-state index in [1.165, 1.54) is 11.3 Å². The number of hydrogen-bond acceptors (Lipinski definition) is 3. The Kier molecular flexibility index (Phi) is 3.50. The Morgan fingerprint density at radius 1 is 1.19 bits per heavy atom. The van der Waals surface area contributed by atoms with Crippen molar-refractivity contribution in [3.05, 3.63) is 39.3 Å². The summed E-state index contributed by atoms with van der Waals surface area (Å²) in [6.45, 7) is 0. The second kappa shape index (κ2) is 4.72. The second-order valence-corrected chi connectivity index (χ2v) is 5.24. The predicted molar refractivity (Wildman–Crippen MR) is 67.8 cm³/mol. The number of nitrogens with zero attached hydrogens (tertiary/aromatic N) is 1. The lowest BCUT2D eigenvalue weighted by Gasteiger charge is -1.96. The normalized spacial score (nSPS) is 10.4. The minimum Gasteiger partial charge on any atom is -0.276 e. The van der Waals surface area contributed by atoms with Gasteiger partial charge in [0.05, 0.1) is 0 Å². The summed E-state index contributed by atoms with van der Waals surface area (Å²) in [5.41, 5.74) is 1.29. The first kappa shape index (κ1) is 11.9. The van der Waals surface area contributed by atoms with Gasteiger partial charge in [-0.05, 0) is 23.7 Å². The molecule has 2 rings (SSSR count). The molecule has 0 saturated carbocycles. The fourth-order valence-corrected chi connectivity index (χ4v) is 2.48. The summed E-state index contributed by atoms with van der Waals surface area (Å²) in [5, 5.41) is 0.518. The Morgan fingerprint density at radius 2 is 1.81 bits per heavy atom. The largest absolute Gasteiger partial charge is 0.276 e. The van der Waals surface area contributed by atoms with Gasteiger partial charge in [-0.1, -0.05) is 35.3 Å². The fraction of sp³-hybridized carbons (Fsp3) is 0. The maximum absolute atomic E-state index is 10.9. The first-order chi connectivity index (χ1) is 7.58. The summed E-state index contributed by atoms with van der Waals surface area (Å²) < 4.78 is 0.453. The molecule has 0 amide bonds. The van der Waals surface area contributed by atoms with Crippen LogP contribution in [0.4, 0.5) is 0 Å². The molecule has 0 unspecified atom stereocenters. The van der Waals surface area contributed by atoms with E-state index in [-0.39, 0.29) is 0 Å². The lowest BCUT2D eigenvalue weighted by molar-refractivity contribution is 0.108. The average Bonchev–Trinajstić information content (AvgIpc) is 2.59. The molecule has 82 valence electrons. The summed E-state index contributed by atoms with van der Waals surface area (Å²) in [6.07, 6.45) is 0. The SMILES string of the molecule is O=C(Cl)c1ccc(-c2nc(Cl)c(Cl)s2)cc1. The van der Waals surface area contributed by atoms with E-state index in [1.807, 2.05) is 0 Å². The van der Waals surface area contributed by atoms with Gasteiger partial charge in [0.1, 0.15) is 9.34 Å². The van der Waals surface area contributed by atoms with Crippen LogP contribution in [0.3, 0.4) is 0 Å². The van der Waals surface area contributed by atoms with E-state index < -0.39 is 5.24 Å². The zero-order chi connectivity index (χ0) is 11.7. The van der Waals surface area contributed by atoms with Gasteiger partial charge >= 0.3 is 0 Å². The maximum Gasteiger partial charge on any atom is 0.252 e. The number of halogens is 3. The third kappa shape index (κ3) is 2.38. The molecule has 0 atom stereocenters. The van der Waals surface area contributed by atoms with E-state index in [1.54, 1.807) is 24.3 Å². The van der Waals surface area contributed by atoms with Gasteiger partial charge in [-0.25, -0.2) is 4.98 Å². The number of rotatable bonds is 2. The fourth-order valence-electron chi connectivity index (χ4n) is 1.15. The van der Waals surface area contributed by atoms with Crippen molar-refractivity contribution in [2.24, 2.45) is 0 Å². The molecule has 1 aromatic heterocycles. The Morgan fingerprint density at radius 3 is 2.25 bits per heavy atom. The quantitative estimate of drug-likeness (QED) is 0.763. The summed E-state index contributed by atoms with van der Waals surface area (Å²) in [6, 6.07) is 6.77. The second-order valence-electron chi connectivity index (χ2n) is 2.93. The van der Waals surface area contributed by atoms with Gasteiger partial charge in [0.15, 0.2) is 5.15 Å². The smallest absolute Gasteiger partial charge is 0.252 e.